The second kappa shape index (κ2) is 21.1. The van der Waals surface area contributed by atoms with Gasteiger partial charge in [-0.2, -0.15) is 0 Å². The molecule has 1 aliphatic carbocycles. The van der Waals surface area contributed by atoms with E-state index < -0.39 is 11.9 Å². The topological polar surface area (TPSA) is 63.6 Å². The Balaban J connectivity index is 2.66. The molecule has 0 aromatic carbocycles. The van der Waals surface area contributed by atoms with E-state index in [9.17, 15) is 9.59 Å². The molecule has 0 heterocycles. The lowest BCUT2D eigenvalue weighted by Crippen LogP contribution is -2.21. The van der Waals surface area contributed by atoms with Crippen LogP contribution in [0.2, 0.25) is 0 Å². The number of allylic oxidation sites excluding steroid dienone is 11. The van der Waals surface area contributed by atoms with Gasteiger partial charge in [-0.15, -0.1) is 0 Å². The molecule has 41 heavy (non-hydrogen) atoms. The minimum atomic E-state index is -0.969. The number of rotatable bonds is 20. The van der Waals surface area contributed by atoms with Gasteiger partial charge in [0.25, 0.3) is 0 Å². The molecule has 4 nitrogen and oxygen atoms in total. The summed E-state index contributed by atoms with van der Waals surface area (Å²) in [7, 11) is 0. The lowest BCUT2D eigenvalue weighted by Gasteiger charge is -2.29. The molecule has 0 saturated carbocycles. The minimum Gasteiger partial charge on any atom is -0.481 e. The van der Waals surface area contributed by atoms with Crippen LogP contribution in [0.25, 0.3) is 0 Å². The second-order valence-electron chi connectivity index (χ2n) is 12.6. The zero-order valence-corrected chi connectivity index (χ0v) is 27.0. The molecule has 2 atom stereocenters. The average molecular weight is 567 g/mol. The number of ether oxygens (including phenoxy) is 1. The predicted molar refractivity (Wildman–Crippen MR) is 174 cm³/mol. The van der Waals surface area contributed by atoms with Crippen LogP contribution in [-0.4, -0.2) is 23.7 Å². The van der Waals surface area contributed by atoms with Crippen molar-refractivity contribution >= 4 is 11.9 Å². The first-order chi connectivity index (χ1) is 19.4. The quantitative estimate of drug-likeness (QED) is 0.118. The number of hydrogen-bond donors (Lipinski definition) is 1. The molecular weight excluding hydrogens is 508 g/mol. The van der Waals surface area contributed by atoms with Gasteiger partial charge in [-0.05, 0) is 130 Å². The molecule has 0 fully saturated rings. The van der Waals surface area contributed by atoms with Gasteiger partial charge in [0, 0.05) is 0 Å². The van der Waals surface area contributed by atoms with Gasteiger partial charge in [0.15, 0.2) is 0 Å². The third-order valence-corrected chi connectivity index (χ3v) is 7.68. The van der Waals surface area contributed by atoms with Gasteiger partial charge in [0.05, 0.1) is 19.4 Å². The lowest BCUT2D eigenvalue weighted by atomic mass is 9.79. The Morgan fingerprint density at radius 2 is 1.41 bits per heavy atom. The average Bonchev–Trinajstić information content (AvgIpc) is 2.89. The van der Waals surface area contributed by atoms with Crippen molar-refractivity contribution in [3.8, 4) is 0 Å². The summed E-state index contributed by atoms with van der Waals surface area (Å²) in [6, 6.07) is 0. The standard InChI is InChI=1S/C37H58O4/c1-28(2)12-8-14-30(5)16-10-17-32(7)20-21-34-24-33(19-11-18-31(6)15-9-13-29(3)4)25-35(26-34)27-41-37(40)23-22-36(38)39/h12-13,16,18,24,34-35H,7-11,14-15,17,19-23,25-27H2,1-6H3,(H,38,39)/b30-16+,31-18+/t34-,35-/m1/s1. The predicted octanol–water partition coefficient (Wildman–Crippen LogP) is 10.6. The van der Waals surface area contributed by atoms with Crippen LogP contribution in [0, 0.1) is 11.8 Å². The molecule has 0 saturated heterocycles. The molecule has 0 radical (unpaired) electrons. The Morgan fingerprint density at radius 3 is 2.00 bits per heavy atom. The van der Waals surface area contributed by atoms with Crippen molar-refractivity contribution in [1.29, 1.82) is 0 Å². The highest BCUT2D eigenvalue weighted by Gasteiger charge is 2.24. The van der Waals surface area contributed by atoms with Crippen molar-refractivity contribution in [2.45, 2.75) is 131 Å². The first-order valence-corrected chi connectivity index (χ1v) is 15.8. The number of carboxylic acid groups (broad SMARTS) is 1. The number of carbonyl (C=O) groups excluding carboxylic acids is 1. The Bertz CT molecular complexity index is 980. The van der Waals surface area contributed by atoms with E-state index >= 15 is 0 Å². The fourth-order valence-corrected chi connectivity index (χ4v) is 5.28. The molecule has 0 aliphatic heterocycles. The third kappa shape index (κ3) is 20.0. The fourth-order valence-electron chi connectivity index (χ4n) is 5.28. The van der Waals surface area contributed by atoms with Crippen LogP contribution in [0.15, 0.2) is 70.4 Å². The number of esters is 1. The zero-order valence-electron chi connectivity index (χ0n) is 27.0. The Kier molecular flexibility index (Phi) is 18.8. The Labute approximate surface area is 251 Å². The molecule has 4 heteroatoms. The Morgan fingerprint density at radius 1 is 0.829 bits per heavy atom. The summed E-state index contributed by atoms with van der Waals surface area (Å²) in [5.74, 6) is -0.630. The summed E-state index contributed by atoms with van der Waals surface area (Å²) < 4.78 is 5.50. The molecule has 1 aliphatic rings. The number of aliphatic carboxylic acids is 1. The van der Waals surface area contributed by atoms with Crippen molar-refractivity contribution in [3.63, 3.8) is 0 Å². The van der Waals surface area contributed by atoms with E-state index in [1.807, 2.05) is 0 Å². The van der Waals surface area contributed by atoms with Crippen molar-refractivity contribution < 1.29 is 19.4 Å². The van der Waals surface area contributed by atoms with E-state index in [2.05, 4.69) is 78.5 Å². The number of carbonyl (C=O) groups is 2. The van der Waals surface area contributed by atoms with Crippen molar-refractivity contribution in [2.24, 2.45) is 11.8 Å². The summed E-state index contributed by atoms with van der Waals surface area (Å²) in [6.07, 6.45) is 24.2. The highest BCUT2D eigenvalue weighted by molar-refractivity contribution is 5.76. The molecule has 230 valence electrons. The van der Waals surface area contributed by atoms with Crippen LogP contribution in [0.1, 0.15) is 131 Å². The monoisotopic (exact) mass is 566 g/mol. The lowest BCUT2D eigenvalue weighted by molar-refractivity contribution is -0.148. The van der Waals surface area contributed by atoms with Gasteiger partial charge in [0.2, 0.25) is 0 Å². The van der Waals surface area contributed by atoms with Gasteiger partial charge in [0.1, 0.15) is 0 Å². The van der Waals surface area contributed by atoms with Crippen LogP contribution in [-0.2, 0) is 14.3 Å². The van der Waals surface area contributed by atoms with Gasteiger partial charge in [-0.3, -0.25) is 9.59 Å². The maximum atomic E-state index is 12.0. The highest BCUT2D eigenvalue weighted by Crippen LogP contribution is 2.34. The highest BCUT2D eigenvalue weighted by atomic mass is 16.5. The fraction of sp³-hybridized carbons (Fsp3) is 0.622. The van der Waals surface area contributed by atoms with Gasteiger partial charge >= 0.3 is 11.9 Å². The van der Waals surface area contributed by atoms with E-state index in [0.717, 1.165) is 77.0 Å². The van der Waals surface area contributed by atoms with E-state index in [1.165, 1.54) is 33.4 Å². The van der Waals surface area contributed by atoms with Crippen LogP contribution in [0.4, 0.5) is 0 Å². The molecule has 0 aromatic heterocycles. The summed E-state index contributed by atoms with van der Waals surface area (Å²) in [4.78, 5) is 22.8. The molecule has 0 unspecified atom stereocenters. The molecular formula is C37H58O4. The number of hydrogen-bond acceptors (Lipinski definition) is 3. The van der Waals surface area contributed by atoms with Crippen molar-refractivity contribution in [3.05, 3.63) is 70.4 Å². The SMILES string of the molecule is C=C(CC/C=C(\C)CCC=C(C)C)CC[C@@H]1C=C(CC/C=C(\C)CCC=C(C)C)C[C@@H](COC(=O)CCC(=O)O)C1. The first-order valence-electron chi connectivity index (χ1n) is 15.8. The molecule has 0 bridgehead atoms. The van der Waals surface area contributed by atoms with Crippen molar-refractivity contribution in [2.75, 3.05) is 6.61 Å². The van der Waals surface area contributed by atoms with E-state index in [0.29, 0.717) is 12.5 Å². The van der Waals surface area contributed by atoms with Crippen LogP contribution < -0.4 is 0 Å². The van der Waals surface area contributed by atoms with Crippen LogP contribution in [0.5, 0.6) is 0 Å². The van der Waals surface area contributed by atoms with E-state index in [1.54, 1.807) is 0 Å². The largest absolute Gasteiger partial charge is 0.481 e. The molecule has 0 spiro atoms. The summed E-state index contributed by atoms with van der Waals surface area (Å²) in [5.41, 5.74) is 8.42. The minimum absolute atomic E-state index is 0.0618. The van der Waals surface area contributed by atoms with E-state index in [4.69, 9.17) is 9.84 Å². The summed E-state index contributed by atoms with van der Waals surface area (Å²) in [6.45, 7) is 17.8. The summed E-state index contributed by atoms with van der Waals surface area (Å²) >= 11 is 0. The van der Waals surface area contributed by atoms with Gasteiger partial charge in [-0.25, -0.2) is 0 Å². The molecule has 0 amide bonds. The van der Waals surface area contributed by atoms with E-state index in [-0.39, 0.29) is 18.8 Å². The number of carboxylic acids is 1. The second-order valence-corrected chi connectivity index (χ2v) is 12.6. The zero-order chi connectivity index (χ0) is 30.6. The smallest absolute Gasteiger partial charge is 0.306 e. The van der Waals surface area contributed by atoms with Gasteiger partial charge < -0.3 is 9.84 Å². The van der Waals surface area contributed by atoms with Crippen molar-refractivity contribution in [1.82, 2.24) is 0 Å². The maximum absolute atomic E-state index is 12.0. The molecule has 1 rings (SSSR count). The van der Waals surface area contributed by atoms with Gasteiger partial charge in [-0.1, -0.05) is 70.4 Å². The third-order valence-electron chi connectivity index (χ3n) is 7.68. The molecule has 0 aromatic rings. The van der Waals surface area contributed by atoms with Crippen LogP contribution >= 0.6 is 0 Å². The first kappa shape index (κ1) is 36.4. The Hall–Kier alpha value is -2.62. The summed E-state index contributed by atoms with van der Waals surface area (Å²) in [5, 5.41) is 8.84. The molecule has 1 N–H and O–H groups in total. The van der Waals surface area contributed by atoms with Crippen LogP contribution in [0.3, 0.4) is 0 Å². The normalized spacial score (nSPS) is 17.5. The maximum Gasteiger partial charge on any atom is 0.306 e.